The fourth-order valence-electron chi connectivity index (χ4n) is 2.98. The number of hydrogen-bond donors (Lipinski definition) is 2. The van der Waals surface area contributed by atoms with Crippen LogP contribution in [0, 0.1) is 13.8 Å². The minimum atomic E-state index is -0.455. The van der Waals surface area contributed by atoms with Crippen molar-refractivity contribution in [2.75, 3.05) is 11.9 Å². The summed E-state index contributed by atoms with van der Waals surface area (Å²) in [5.41, 5.74) is 3.28. The van der Waals surface area contributed by atoms with Crippen LogP contribution in [0.4, 0.5) is 5.69 Å². The number of rotatable bonds is 7. The average Bonchev–Trinajstić information content (AvgIpc) is 2.70. The molecule has 152 valence electrons. The zero-order chi connectivity index (χ0) is 21.0. The maximum Gasteiger partial charge on any atom is 0.262 e. The summed E-state index contributed by atoms with van der Waals surface area (Å²) in [4.78, 5) is 30.3. The third-order valence-corrected chi connectivity index (χ3v) is 5.76. The van der Waals surface area contributed by atoms with Crippen molar-refractivity contribution in [2.45, 2.75) is 44.1 Å². The Bertz CT molecular complexity index is 1090. The van der Waals surface area contributed by atoms with E-state index in [1.807, 2.05) is 38.1 Å². The van der Waals surface area contributed by atoms with Crippen molar-refractivity contribution in [1.82, 2.24) is 9.55 Å². The lowest BCUT2D eigenvalue weighted by atomic mass is 10.1. The van der Waals surface area contributed by atoms with Crippen molar-refractivity contribution >= 4 is 34.3 Å². The summed E-state index contributed by atoms with van der Waals surface area (Å²) in [6.07, 6.45) is 0.441. The van der Waals surface area contributed by atoms with Crippen molar-refractivity contribution in [3.05, 3.63) is 63.9 Å². The molecular formula is C22H25N3O3S. The smallest absolute Gasteiger partial charge is 0.262 e. The Hall–Kier alpha value is -2.64. The number of anilines is 1. The lowest BCUT2D eigenvalue weighted by Crippen LogP contribution is -2.27. The molecule has 2 aromatic carbocycles. The van der Waals surface area contributed by atoms with Gasteiger partial charge in [-0.15, -0.1) is 0 Å². The van der Waals surface area contributed by atoms with Gasteiger partial charge in [0.15, 0.2) is 5.16 Å². The number of benzene rings is 2. The van der Waals surface area contributed by atoms with Gasteiger partial charge in [0, 0.05) is 18.8 Å². The molecule has 0 spiro atoms. The maximum atomic E-state index is 12.9. The number of carbonyl (C=O) groups excluding carboxylic acids is 1. The molecule has 0 aliphatic rings. The molecule has 1 amide bonds. The lowest BCUT2D eigenvalue weighted by molar-refractivity contribution is -0.115. The fraction of sp³-hybridized carbons (Fsp3) is 0.318. The first kappa shape index (κ1) is 21.1. The number of nitrogens with zero attached hydrogens (tertiary/aromatic N) is 2. The first-order valence-corrected chi connectivity index (χ1v) is 10.4. The molecule has 0 saturated heterocycles. The number of aryl methyl sites for hydroxylation is 2. The van der Waals surface area contributed by atoms with Gasteiger partial charge >= 0.3 is 0 Å². The molecule has 0 fully saturated rings. The summed E-state index contributed by atoms with van der Waals surface area (Å²) in [7, 11) is 0. The van der Waals surface area contributed by atoms with Gasteiger partial charge in [0.25, 0.3) is 5.56 Å². The first-order chi connectivity index (χ1) is 13.9. The van der Waals surface area contributed by atoms with E-state index in [1.54, 1.807) is 29.7 Å². The summed E-state index contributed by atoms with van der Waals surface area (Å²) in [5, 5.41) is 12.7. The third-order valence-electron chi connectivity index (χ3n) is 4.67. The van der Waals surface area contributed by atoms with E-state index in [2.05, 4.69) is 10.3 Å². The molecule has 2 N–H and O–H groups in total. The predicted molar refractivity (Wildman–Crippen MR) is 118 cm³/mol. The lowest BCUT2D eigenvalue weighted by Gasteiger charge is -2.17. The van der Waals surface area contributed by atoms with Crippen molar-refractivity contribution < 1.29 is 9.90 Å². The molecule has 0 unspecified atom stereocenters. The molecule has 0 radical (unpaired) electrons. The molecule has 6 nitrogen and oxygen atoms in total. The second-order valence-corrected chi connectivity index (χ2v) is 8.32. The van der Waals surface area contributed by atoms with Gasteiger partial charge in [-0.25, -0.2) is 4.98 Å². The van der Waals surface area contributed by atoms with Gasteiger partial charge in [0.1, 0.15) is 0 Å². The third kappa shape index (κ3) is 4.86. The molecule has 0 saturated carbocycles. The van der Waals surface area contributed by atoms with Crippen molar-refractivity contribution in [1.29, 1.82) is 0 Å². The number of carbonyl (C=O) groups is 1. The van der Waals surface area contributed by atoms with Gasteiger partial charge in [-0.3, -0.25) is 14.2 Å². The zero-order valence-corrected chi connectivity index (χ0v) is 17.6. The zero-order valence-electron chi connectivity index (χ0n) is 16.8. The van der Waals surface area contributed by atoms with Crippen LogP contribution >= 0.6 is 11.8 Å². The van der Waals surface area contributed by atoms with E-state index >= 15 is 0 Å². The van der Waals surface area contributed by atoms with E-state index in [1.165, 1.54) is 11.8 Å². The minimum absolute atomic E-state index is 0.0218. The number of fused-ring (bicyclic) bond motifs is 1. The van der Waals surface area contributed by atoms with Gasteiger partial charge in [-0.1, -0.05) is 36.0 Å². The molecule has 0 bridgehead atoms. The fourth-order valence-corrected chi connectivity index (χ4v) is 3.91. The Labute approximate surface area is 174 Å². The highest BCUT2D eigenvalue weighted by Gasteiger charge is 2.20. The highest BCUT2D eigenvalue weighted by atomic mass is 32.2. The van der Waals surface area contributed by atoms with Crippen molar-refractivity contribution in [3.8, 4) is 0 Å². The molecule has 7 heteroatoms. The van der Waals surface area contributed by atoms with Crippen molar-refractivity contribution in [2.24, 2.45) is 0 Å². The molecule has 3 aromatic rings. The van der Waals surface area contributed by atoms with E-state index < -0.39 is 5.25 Å². The van der Waals surface area contributed by atoms with Gasteiger partial charge in [0.2, 0.25) is 5.91 Å². The van der Waals surface area contributed by atoms with E-state index in [4.69, 9.17) is 0 Å². The van der Waals surface area contributed by atoms with Crippen LogP contribution in [0.5, 0.6) is 0 Å². The SMILES string of the molecule is Cc1ccc(C)c(NC(=O)[C@H](C)Sc2nc3ccccc3c(=O)n2CCCO)c1. The largest absolute Gasteiger partial charge is 0.396 e. The van der Waals surface area contributed by atoms with Crippen LogP contribution in [0.2, 0.25) is 0 Å². The number of nitrogens with one attached hydrogen (secondary N) is 1. The molecule has 0 aliphatic heterocycles. The minimum Gasteiger partial charge on any atom is -0.396 e. The number of para-hydroxylation sites is 1. The maximum absolute atomic E-state index is 12.9. The summed E-state index contributed by atoms with van der Waals surface area (Å²) in [5.74, 6) is -0.153. The Morgan fingerprint density at radius 1 is 1.24 bits per heavy atom. The first-order valence-electron chi connectivity index (χ1n) is 9.56. The van der Waals surface area contributed by atoms with Crippen LogP contribution in [-0.2, 0) is 11.3 Å². The molecule has 29 heavy (non-hydrogen) atoms. The Morgan fingerprint density at radius 3 is 2.76 bits per heavy atom. The van der Waals surface area contributed by atoms with E-state index in [9.17, 15) is 14.7 Å². The summed E-state index contributed by atoms with van der Waals surface area (Å²) >= 11 is 1.25. The number of thioether (sulfide) groups is 1. The molecule has 3 rings (SSSR count). The monoisotopic (exact) mass is 411 g/mol. The van der Waals surface area contributed by atoms with Crippen LogP contribution in [0.15, 0.2) is 52.4 Å². The van der Waals surface area contributed by atoms with Crippen LogP contribution in [0.3, 0.4) is 0 Å². The topological polar surface area (TPSA) is 84.2 Å². The summed E-state index contributed by atoms with van der Waals surface area (Å²) in [6, 6.07) is 13.1. The number of aliphatic hydroxyl groups excluding tert-OH is 1. The number of amides is 1. The van der Waals surface area contributed by atoms with Crippen LogP contribution < -0.4 is 10.9 Å². The van der Waals surface area contributed by atoms with Gasteiger partial charge in [-0.05, 0) is 56.5 Å². The Kier molecular flexibility index (Phi) is 6.71. The number of aliphatic hydroxyl groups is 1. The van der Waals surface area contributed by atoms with Crippen LogP contribution in [0.1, 0.15) is 24.5 Å². The average molecular weight is 412 g/mol. The summed E-state index contributed by atoms with van der Waals surface area (Å²) in [6.45, 7) is 6.05. The molecular weight excluding hydrogens is 386 g/mol. The molecule has 1 atom stereocenters. The normalized spacial score (nSPS) is 12.1. The van der Waals surface area contributed by atoms with Gasteiger partial charge in [-0.2, -0.15) is 0 Å². The Morgan fingerprint density at radius 2 is 2.00 bits per heavy atom. The molecule has 0 aliphatic carbocycles. The van der Waals surface area contributed by atoms with Gasteiger partial charge in [0.05, 0.1) is 16.2 Å². The molecule has 1 heterocycles. The van der Waals surface area contributed by atoms with Gasteiger partial charge < -0.3 is 10.4 Å². The predicted octanol–water partition coefficient (Wildman–Crippen LogP) is 3.52. The quantitative estimate of drug-likeness (QED) is 0.459. The molecule has 1 aromatic heterocycles. The highest BCUT2D eigenvalue weighted by Crippen LogP contribution is 2.25. The van der Waals surface area contributed by atoms with E-state index in [-0.39, 0.29) is 18.1 Å². The summed E-state index contributed by atoms with van der Waals surface area (Å²) < 4.78 is 1.55. The number of aromatic nitrogens is 2. The van der Waals surface area contributed by atoms with E-state index in [0.29, 0.717) is 29.0 Å². The highest BCUT2D eigenvalue weighted by molar-refractivity contribution is 8.00. The van der Waals surface area contributed by atoms with E-state index in [0.717, 1.165) is 16.8 Å². The second-order valence-electron chi connectivity index (χ2n) is 7.01. The second kappa shape index (κ2) is 9.24. The van der Waals surface area contributed by atoms with Crippen molar-refractivity contribution in [3.63, 3.8) is 0 Å². The van der Waals surface area contributed by atoms with Crippen LogP contribution in [-0.4, -0.2) is 32.4 Å². The van der Waals surface area contributed by atoms with Crippen LogP contribution in [0.25, 0.3) is 10.9 Å². The standard InChI is InChI=1S/C22H25N3O3S/c1-14-9-10-15(2)19(13-14)23-20(27)16(3)29-22-24-18-8-5-4-7-17(18)21(28)25(22)11-6-12-26/h4-5,7-10,13,16,26H,6,11-12H2,1-3H3,(H,23,27)/t16-/m0/s1. The number of hydrogen-bond acceptors (Lipinski definition) is 5. The Balaban J connectivity index is 1.88.